The van der Waals surface area contributed by atoms with E-state index in [-0.39, 0.29) is 0 Å². The molecule has 0 amide bonds. The Bertz CT molecular complexity index is 489. The molecular formula is C11H12BrN3S. The number of benzene rings is 1. The molecule has 0 aliphatic rings. The molecule has 16 heavy (non-hydrogen) atoms. The fourth-order valence-electron chi connectivity index (χ4n) is 1.59. The summed E-state index contributed by atoms with van der Waals surface area (Å²) in [5, 5.41) is 8.94. The van der Waals surface area contributed by atoms with Crippen molar-refractivity contribution in [1.29, 1.82) is 0 Å². The summed E-state index contributed by atoms with van der Waals surface area (Å²) in [7, 11) is 2.00. The number of nitrogens with zero attached hydrogens (tertiary/aromatic N) is 3. The Morgan fingerprint density at radius 2 is 1.75 bits per heavy atom. The van der Waals surface area contributed by atoms with Crippen LogP contribution in [0.25, 0.3) is 0 Å². The first-order valence-electron chi connectivity index (χ1n) is 4.87. The van der Waals surface area contributed by atoms with Crippen molar-refractivity contribution in [1.82, 2.24) is 10.2 Å². The van der Waals surface area contributed by atoms with Gasteiger partial charge in [-0.05, 0) is 53.0 Å². The van der Waals surface area contributed by atoms with Gasteiger partial charge in [0.25, 0.3) is 0 Å². The van der Waals surface area contributed by atoms with E-state index in [0.29, 0.717) is 0 Å². The van der Waals surface area contributed by atoms with Crippen LogP contribution in [0.1, 0.15) is 11.1 Å². The fraction of sp³-hybridized carbons (Fsp3) is 0.273. The molecule has 1 aromatic carbocycles. The third kappa shape index (κ3) is 2.41. The van der Waals surface area contributed by atoms with E-state index in [9.17, 15) is 0 Å². The molecular weight excluding hydrogens is 286 g/mol. The predicted octanol–water partition coefficient (Wildman–Crippen LogP) is 3.69. The summed E-state index contributed by atoms with van der Waals surface area (Å²) in [4.78, 5) is 2.04. The van der Waals surface area contributed by atoms with Crippen molar-refractivity contribution in [3.8, 4) is 0 Å². The Morgan fingerprint density at radius 1 is 1.12 bits per heavy atom. The van der Waals surface area contributed by atoms with E-state index in [4.69, 9.17) is 0 Å². The van der Waals surface area contributed by atoms with Gasteiger partial charge in [0.1, 0.15) is 0 Å². The Morgan fingerprint density at radius 3 is 2.25 bits per heavy atom. The first-order chi connectivity index (χ1) is 7.56. The zero-order chi connectivity index (χ0) is 11.7. The molecule has 0 aliphatic heterocycles. The molecule has 1 heterocycles. The zero-order valence-electron chi connectivity index (χ0n) is 9.36. The maximum absolute atomic E-state index is 4.10. The second-order valence-corrected chi connectivity index (χ2v) is 5.97. The number of rotatable bonds is 2. The van der Waals surface area contributed by atoms with Gasteiger partial charge in [0.2, 0.25) is 5.13 Å². The largest absolute Gasteiger partial charge is 0.319 e. The van der Waals surface area contributed by atoms with E-state index in [2.05, 4.69) is 58.2 Å². The van der Waals surface area contributed by atoms with E-state index in [1.54, 1.807) is 0 Å². The van der Waals surface area contributed by atoms with Gasteiger partial charge in [0.05, 0.1) is 0 Å². The van der Waals surface area contributed by atoms with Crippen molar-refractivity contribution in [2.75, 3.05) is 11.9 Å². The monoisotopic (exact) mass is 297 g/mol. The summed E-state index contributed by atoms with van der Waals surface area (Å²) in [6.45, 7) is 4.20. The standard InChI is InChI=1S/C11H12BrN3S/c1-7-4-8(2)6-9(5-7)15(3)11-14-13-10(12)16-11/h4-6H,1-3H3. The van der Waals surface area contributed by atoms with E-state index >= 15 is 0 Å². The first-order valence-corrected chi connectivity index (χ1v) is 6.48. The molecule has 0 fully saturated rings. The average Bonchev–Trinajstić information content (AvgIpc) is 2.62. The van der Waals surface area contributed by atoms with E-state index in [1.165, 1.54) is 22.5 Å². The molecule has 2 aromatic rings. The highest BCUT2D eigenvalue weighted by atomic mass is 79.9. The van der Waals surface area contributed by atoms with Crippen molar-refractivity contribution in [2.24, 2.45) is 0 Å². The number of halogens is 1. The molecule has 1 aromatic heterocycles. The minimum Gasteiger partial charge on any atom is -0.319 e. The molecule has 0 bridgehead atoms. The molecule has 0 N–H and O–H groups in total. The molecule has 2 rings (SSSR count). The van der Waals surface area contributed by atoms with Crippen LogP contribution >= 0.6 is 27.3 Å². The fourth-order valence-corrected chi connectivity index (χ4v) is 2.66. The minimum absolute atomic E-state index is 0.804. The lowest BCUT2D eigenvalue weighted by Crippen LogP contribution is -2.09. The number of anilines is 2. The summed E-state index contributed by atoms with van der Waals surface area (Å²) in [6, 6.07) is 6.44. The normalized spacial score (nSPS) is 10.5. The van der Waals surface area contributed by atoms with Crippen LogP contribution in [0.5, 0.6) is 0 Å². The van der Waals surface area contributed by atoms with Crippen LogP contribution in [0.3, 0.4) is 0 Å². The molecule has 0 aliphatic carbocycles. The summed E-state index contributed by atoms with van der Waals surface area (Å²) >= 11 is 4.84. The maximum Gasteiger partial charge on any atom is 0.213 e. The van der Waals surface area contributed by atoms with Gasteiger partial charge >= 0.3 is 0 Å². The van der Waals surface area contributed by atoms with Crippen LogP contribution in [0.2, 0.25) is 0 Å². The Hall–Kier alpha value is -0.940. The molecule has 0 atom stereocenters. The Balaban J connectivity index is 2.37. The Kier molecular flexibility index (Phi) is 3.25. The van der Waals surface area contributed by atoms with Gasteiger partial charge in [-0.15, -0.1) is 10.2 Å². The van der Waals surface area contributed by atoms with Crippen LogP contribution in [0.4, 0.5) is 10.8 Å². The quantitative estimate of drug-likeness (QED) is 0.847. The highest BCUT2D eigenvalue weighted by Gasteiger charge is 2.09. The van der Waals surface area contributed by atoms with Crippen molar-refractivity contribution >= 4 is 38.1 Å². The molecule has 0 radical (unpaired) electrons. The zero-order valence-corrected chi connectivity index (χ0v) is 11.8. The first kappa shape index (κ1) is 11.5. The number of hydrogen-bond acceptors (Lipinski definition) is 4. The van der Waals surface area contributed by atoms with E-state index in [0.717, 1.165) is 14.7 Å². The lowest BCUT2D eigenvalue weighted by Gasteiger charge is -2.16. The highest BCUT2D eigenvalue weighted by molar-refractivity contribution is 9.11. The highest BCUT2D eigenvalue weighted by Crippen LogP contribution is 2.29. The van der Waals surface area contributed by atoms with Gasteiger partial charge in [-0.25, -0.2) is 0 Å². The lowest BCUT2D eigenvalue weighted by molar-refractivity contribution is 1.03. The molecule has 3 nitrogen and oxygen atoms in total. The number of hydrogen-bond donors (Lipinski definition) is 0. The number of aromatic nitrogens is 2. The Labute approximate surface area is 107 Å². The minimum atomic E-state index is 0.804. The van der Waals surface area contributed by atoms with Crippen LogP contribution in [0, 0.1) is 13.8 Å². The summed E-state index contributed by atoms with van der Waals surface area (Å²) in [5.74, 6) is 0. The third-order valence-electron chi connectivity index (χ3n) is 2.27. The number of aryl methyl sites for hydroxylation is 2. The van der Waals surface area contributed by atoms with Gasteiger partial charge < -0.3 is 4.90 Å². The van der Waals surface area contributed by atoms with Crippen LogP contribution in [0.15, 0.2) is 22.1 Å². The van der Waals surface area contributed by atoms with Gasteiger partial charge in [0, 0.05) is 12.7 Å². The third-order valence-corrected chi connectivity index (χ3v) is 3.70. The van der Waals surface area contributed by atoms with Crippen molar-refractivity contribution < 1.29 is 0 Å². The van der Waals surface area contributed by atoms with Crippen molar-refractivity contribution in [2.45, 2.75) is 13.8 Å². The van der Waals surface area contributed by atoms with Crippen molar-refractivity contribution in [3.05, 3.63) is 33.2 Å². The molecule has 0 saturated heterocycles. The predicted molar refractivity (Wildman–Crippen MR) is 71.6 cm³/mol. The van der Waals surface area contributed by atoms with Crippen LogP contribution in [-0.4, -0.2) is 17.2 Å². The lowest BCUT2D eigenvalue weighted by atomic mass is 10.1. The topological polar surface area (TPSA) is 29.0 Å². The van der Waals surface area contributed by atoms with Gasteiger partial charge in [-0.2, -0.15) is 0 Å². The molecule has 0 unspecified atom stereocenters. The maximum atomic E-state index is 4.10. The van der Waals surface area contributed by atoms with Crippen LogP contribution < -0.4 is 4.90 Å². The van der Waals surface area contributed by atoms with E-state index in [1.807, 2.05) is 11.9 Å². The van der Waals surface area contributed by atoms with Gasteiger partial charge in [-0.3, -0.25) is 0 Å². The molecule has 0 spiro atoms. The summed E-state index contributed by atoms with van der Waals surface area (Å²) in [5.41, 5.74) is 3.65. The van der Waals surface area contributed by atoms with Gasteiger partial charge in [-0.1, -0.05) is 17.4 Å². The molecule has 84 valence electrons. The van der Waals surface area contributed by atoms with Gasteiger partial charge in [0.15, 0.2) is 3.92 Å². The average molecular weight is 298 g/mol. The molecule has 5 heteroatoms. The smallest absolute Gasteiger partial charge is 0.213 e. The van der Waals surface area contributed by atoms with Crippen molar-refractivity contribution in [3.63, 3.8) is 0 Å². The van der Waals surface area contributed by atoms with Crippen LogP contribution in [-0.2, 0) is 0 Å². The second-order valence-electron chi connectivity index (χ2n) is 3.74. The summed E-state index contributed by atoms with van der Waals surface area (Å²) in [6.07, 6.45) is 0. The second kappa shape index (κ2) is 4.51. The summed E-state index contributed by atoms with van der Waals surface area (Å²) < 4.78 is 0.804. The SMILES string of the molecule is Cc1cc(C)cc(N(C)c2nnc(Br)s2)c1. The molecule has 0 saturated carbocycles. The van der Waals surface area contributed by atoms with E-state index < -0.39 is 0 Å².